The third kappa shape index (κ3) is 7.12. The lowest BCUT2D eigenvalue weighted by Gasteiger charge is -2.21. The van der Waals surface area contributed by atoms with Crippen molar-refractivity contribution in [1.29, 1.82) is 0 Å². The maximum Gasteiger partial charge on any atom is 0.343 e. The second-order valence-electron chi connectivity index (χ2n) is 7.56. The number of esters is 1. The molecule has 0 spiro atoms. The molecule has 0 aromatic heterocycles. The van der Waals surface area contributed by atoms with Crippen LogP contribution in [0.4, 0.5) is 0 Å². The SMILES string of the molecule is CCCCCOc1ccc(C(=O)Oc2ccc(OCC3CC[CH]CC3)cc2)cc1. The maximum absolute atomic E-state index is 12.3. The van der Waals surface area contributed by atoms with Crippen molar-refractivity contribution in [2.24, 2.45) is 5.92 Å². The molecule has 3 rings (SSSR count). The van der Waals surface area contributed by atoms with Gasteiger partial charge in [0.05, 0.1) is 18.8 Å². The Morgan fingerprint density at radius 1 is 0.862 bits per heavy atom. The second-order valence-corrected chi connectivity index (χ2v) is 7.56. The summed E-state index contributed by atoms with van der Waals surface area (Å²) in [6.45, 7) is 3.61. The average molecular weight is 396 g/mol. The average Bonchev–Trinajstić information content (AvgIpc) is 2.77. The summed E-state index contributed by atoms with van der Waals surface area (Å²) in [6.07, 6.45) is 10.5. The number of carbonyl (C=O) groups is 1. The van der Waals surface area contributed by atoms with Crippen LogP contribution in [0.5, 0.6) is 17.2 Å². The minimum atomic E-state index is -0.380. The summed E-state index contributed by atoms with van der Waals surface area (Å²) in [6, 6.07) is 14.3. The van der Waals surface area contributed by atoms with Crippen molar-refractivity contribution >= 4 is 5.97 Å². The van der Waals surface area contributed by atoms with E-state index >= 15 is 0 Å². The van der Waals surface area contributed by atoms with Gasteiger partial charge in [-0.1, -0.05) is 19.8 Å². The highest BCUT2D eigenvalue weighted by Crippen LogP contribution is 2.25. The highest BCUT2D eigenvalue weighted by Gasteiger charge is 2.14. The van der Waals surface area contributed by atoms with Crippen LogP contribution in [0.2, 0.25) is 0 Å². The standard InChI is InChI=1S/C25H31O4/c1-2-3-7-18-27-22-12-10-21(11-13-22)25(26)29-24-16-14-23(15-17-24)28-19-20-8-5-4-6-9-20/h4,10-17,20H,2-3,5-9,18-19H2,1H3. The molecule has 0 N–H and O–H groups in total. The van der Waals surface area contributed by atoms with E-state index in [1.165, 1.54) is 32.1 Å². The predicted octanol–water partition coefficient (Wildman–Crippen LogP) is 6.25. The first-order valence-corrected chi connectivity index (χ1v) is 10.7. The van der Waals surface area contributed by atoms with Crippen LogP contribution in [-0.2, 0) is 0 Å². The van der Waals surface area contributed by atoms with Crippen LogP contribution in [0.15, 0.2) is 48.5 Å². The van der Waals surface area contributed by atoms with Gasteiger partial charge in [-0.15, -0.1) is 0 Å². The van der Waals surface area contributed by atoms with Crippen molar-refractivity contribution in [3.8, 4) is 17.2 Å². The Bertz CT molecular complexity index is 730. The molecule has 1 aliphatic rings. The van der Waals surface area contributed by atoms with Gasteiger partial charge in [0.1, 0.15) is 17.2 Å². The van der Waals surface area contributed by atoms with Crippen molar-refractivity contribution in [2.45, 2.75) is 51.9 Å². The van der Waals surface area contributed by atoms with E-state index in [-0.39, 0.29) is 5.97 Å². The third-order valence-corrected chi connectivity index (χ3v) is 5.18. The van der Waals surface area contributed by atoms with Gasteiger partial charge in [0.25, 0.3) is 0 Å². The summed E-state index contributed by atoms with van der Waals surface area (Å²) in [7, 11) is 0. The molecule has 0 aliphatic heterocycles. The van der Waals surface area contributed by atoms with E-state index in [1.54, 1.807) is 24.3 Å². The van der Waals surface area contributed by atoms with Gasteiger partial charge in [-0.3, -0.25) is 0 Å². The van der Waals surface area contributed by atoms with E-state index in [2.05, 4.69) is 13.3 Å². The number of unbranched alkanes of at least 4 members (excludes halogenated alkanes) is 2. The van der Waals surface area contributed by atoms with Crippen molar-refractivity contribution in [2.75, 3.05) is 13.2 Å². The molecule has 0 saturated heterocycles. The van der Waals surface area contributed by atoms with E-state index in [0.717, 1.165) is 30.9 Å². The van der Waals surface area contributed by atoms with E-state index in [0.29, 0.717) is 23.8 Å². The van der Waals surface area contributed by atoms with Crippen LogP contribution in [0.25, 0.3) is 0 Å². The molecule has 29 heavy (non-hydrogen) atoms. The number of hydrogen-bond donors (Lipinski definition) is 0. The Morgan fingerprint density at radius 2 is 1.48 bits per heavy atom. The van der Waals surface area contributed by atoms with Gasteiger partial charge in [-0.2, -0.15) is 0 Å². The summed E-state index contributed by atoms with van der Waals surface area (Å²) in [5.74, 6) is 2.35. The summed E-state index contributed by atoms with van der Waals surface area (Å²) >= 11 is 0. The monoisotopic (exact) mass is 395 g/mol. The predicted molar refractivity (Wildman–Crippen MR) is 115 cm³/mol. The van der Waals surface area contributed by atoms with Crippen molar-refractivity contribution in [1.82, 2.24) is 0 Å². The van der Waals surface area contributed by atoms with Crippen LogP contribution >= 0.6 is 0 Å². The second kappa shape index (κ2) is 11.5. The lowest BCUT2D eigenvalue weighted by Crippen LogP contribution is -2.15. The third-order valence-electron chi connectivity index (χ3n) is 5.18. The molecule has 0 bridgehead atoms. The number of ether oxygens (including phenoxy) is 3. The zero-order chi connectivity index (χ0) is 20.3. The minimum absolute atomic E-state index is 0.380. The quantitative estimate of drug-likeness (QED) is 0.271. The van der Waals surface area contributed by atoms with Crippen molar-refractivity contribution in [3.63, 3.8) is 0 Å². The summed E-state index contributed by atoms with van der Waals surface area (Å²) in [4.78, 5) is 12.3. The highest BCUT2D eigenvalue weighted by atomic mass is 16.5. The van der Waals surface area contributed by atoms with Gasteiger partial charge >= 0.3 is 5.97 Å². The molecule has 4 heteroatoms. The molecule has 0 unspecified atom stereocenters. The van der Waals surface area contributed by atoms with E-state index in [4.69, 9.17) is 14.2 Å². The molecule has 155 valence electrons. The zero-order valence-corrected chi connectivity index (χ0v) is 17.3. The van der Waals surface area contributed by atoms with Gasteiger partial charge in [0.2, 0.25) is 0 Å². The molecule has 0 heterocycles. The molecule has 0 amide bonds. The molecule has 1 aliphatic carbocycles. The summed E-state index contributed by atoms with van der Waals surface area (Å²) in [5.41, 5.74) is 0.500. The number of hydrogen-bond acceptors (Lipinski definition) is 4. The van der Waals surface area contributed by atoms with E-state index < -0.39 is 0 Å². The van der Waals surface area contributed by atoms with E-state index in [9.17, 15) is 4.79 Å². The first-order valence-electron chi connectivity index (χ1n) is 10.7. The van der Waals surface area contributed by atoms with Gasteiger partial charge < -0.3 is 14.2 Å². The number of benzene rings is 2. The van der Waals surface area contributed by atoms with Crippen LogP contribution in [0, 0.1) is 12.3 Å². The van der Waals surface area contributed by atoms with Crippen molar-refractivity contribution in [3.05, 3.63) is 60.5 Å². The Kier molecular flexibility index (Phi) is 8.41. The van der Waals surface area contributed by atoms with Crippen LogP contribution in [-0.4, -0.2) is 19.2 Å². The molecular formula is C25H31O4. The molecule has 0 atom stereocenters. The molecule has 1 fully saturated rings. The maximum atomic E-state index is 12.3. The molecule has 2 aromatic rings. The van der Waals surface area contributed by atoms with Gasteiger partial charge in [0, 0.05) is 0 Å². The van der Waals surface area contributed by atoms with E-state index in [1.807, 2.05) is 24.3 Å². The zero-order valence-electron chi connectivity index (χ0n) is 17.3. The first kappa shape index (κ1) is 21.2. The molecule has 2 aromatic carbocycles. The van der Waals surface area contributed by atoms with Crippen LogP contribution in [0.1, 0.15) is 62.2 Å². The fraction of sp³-hybridized carbons (Fsp3) is 0.440. The highest BCUT2D eigenvalue weighted by molar-refractivity contribution is 5.91. The Hall–Kier alpha value is -2.49. The molecule has 4 nitrogen and oxygen atoms in total. The van der Waals surface area contributed by atoms with Gasteiger partial charge in [0.15, 0.2) is 0 Å². The lowest BCUT2D eigenvalue weighted by atomic mass is 9.90. The normalized spacial score (nSPS) is 14.4. The van der Waals surface area contributed by atoms with Crippen molar-refractivity contribution < 1.29 is 19.0 Å². The Labute approximate surface area is 174 Å². The largest absolute Gasteiger partial charge is 0.494 e. The minimum Gasteiger partial charge on any atom is -0.494 e. The van der Waals surface area contributed by atoms with Gasteiger partial charge in [-0.05, 0) is 93.0 Å². The number of carbonyl (C=O) groups excluding carboxylic acids is 1. The Balaban J connectivity index is 1.44. The Morgan fingerprint density at radius 3 is 2.17 bits per heavy atom. The van der Waals surface area contributed by atoms with Gasteiger partial charge in [-0.25, -0.2) is 4.79 Å². The molecule has 1 saturated carbocycles. The number of rotatable bonds is 10. The van der Waals surface area contributed by atoms with Crippen LogP contribution in [0.3, 0.4) is 0 Å². The fourth-order valence-corrected chi connectivity index (χ4v) is 3.38. The van der Waals surface area contributed by atoms with Crippen LogP contribution < -0.4 is 14.2 Å². The lowest BCUT2D eigenvalue weighted by molar-refractivity contribution is 0.0734. The molecular weight excluding hydrogens is 364 g/mol. The topological polar surface area (TPSA) is 44.8 Å². The smallest absolute Gasteiger partial charge is 0.343 e. The summed E-state index contributed by atoms with van der Waals surface area (Å²) < 4.78 is 17.0. The molecule has 1 radical (unpaired) electrons. The first-order chi connectivity index (χ1) is 14.2. The fourth-order valence-electron chi connectivity index (χ4n) is 3.38. The summed E-state index contributed by atoms with van der Waals surface area (Å²) in [5, 5.41) is 0.